The van der Waals surface area contributed by atoms with Crippen LogP contribution >= 0.6 is 11.3 Å². The van der Waals surface area contributed by atoms with Gasteiger partial charge in [0.25, 0.3) is 0 Å². The first-order valence-electron chi connectivity index (χ1n) is 9.30. The number of aromatic nitrogens is 1. The lowest BCUT2D eigenvalue weighted by molar-refractivity contribution is -0.116. The maximum absolute atomic E-state index is 12.2. The van der Waals surface area contributed by atoms with Gasteiger partial charge in [-0.1, -0.05) is 24.3 Å². The first kappa shape index (κ1) is 20.5. The minimum absolute atomic E-state index is 0.0638. The van der Waals surface area contributed by atoms with Gasteiger partial charge in [0, 0.05) is 31.1 Å². The second kappa shape index (κ2) is 9.29. The Morgan fingerprint density at radius 3 is 2.28 bits per heavy atom. The van der Waals surface area contributed by atoms with Gasteiger partial charge in [0.05, 0.1) is 10.2 Å². The Bertz CT molecular complexity index is 1040. The fourth-order valence-corrected chi connectivity index (χ4v) is 3.65. The lowest BCUT2D eigenvalue weighted by Crippen LogP contribution is -2.12. The lowest BCUT2D eigenvalue weighted by Gasteiger charge is -2.07. The first-order valence-corrected chi connectivity index (χ1v) is 10.1. The van der Waals surface area contributed by atoms with E-state index in [1.54, 1.807) is 31.2 Å². The second-order valence-electron chi connectivity index (χ2n) is 6.53. The number of carbonyl (C=O) groups is 3. The summed E-state index contributed by atoms with van der Waals surface area (Å²) in [5.74, 6) is -0.289. The Labute approximate surface area is 172 Å². The molecule has 8 heteroatoms. The predicted molar refractivity (Wildman–Crippen MR) is 116 cm³/mol. The van der Waals surface area contributed by atoms with Crippen molar-refractivity contribution in [2.24, 2.45) is 0 Å². The Morgan fingerprint density at radius 2 is 1.62 bits per heavy atom. The van der Waals surface area contributed by atoms with Crippen molar-refractivity contribution in [3.05, 3.63) is 48.0 Å². The van der Waals surface area contributed by atoms with Crippen LogP contribution in [-0.2, 0) is 20.8 Å². The summed E-state index contributed by atoms with van der Waals surface area (Å²) in [7, 11) is 0. The largest absolute Gasteiger partial charge is 0.326 e. The van der Waals surface area contributed by atoms with Crippen LogP contribution in [0.1, 0.15) is 32.3 Å². The van der Waals surface area contributed by atoms with Gasteiger partial charge in [0.15, 0.2) is 5.13 Å². The Kier molecular flexibility index (Phi) is 6.56. The van der Waals surface area contributed by atoms with E-state index in [0.717, 1.165) is 15.8 Å². The molecule has 0 unspecified atom stereocenters. The van der Waals surface area contributed by atoms with Gasteiger partial charge in [-0.2, -0.15) is 0 Å². The highest BCUT2D eigenvalue weighted by Gasteiger charge is 2.09. The fraction of sp³-hybridized carbons (Fsp3) is 0.238. The van der Waals surface area contributed by atoms with Crippen molar-refractivity contribution in [3.8, 4) is 0 Å². The Morgan fingerprint density at radius 1 is 0.931 bits per heavy atom. The molecule has 0 spiro atoms. The highest BCUT2D eigenvalue weighted by molar-refractivity contribution is 7.22. The average molecular weight is 410 g/mol. The van der Waals surface area contributed by atoms with E-state index in [4.69, 9.17) is 0 Å². The van der Waals surface area contributed by atoms with E-state index in [2.05, 4.69) is 20.9 Å². The average Bonchev–Trinajstić information content (AvgIpc) is 3.08. The zero-order valence-electron chi connectivity index (χ0n) is 16.2. The standard InChI is InChI=1S/C21H22N4O3S/c1-3-19(27)25-21-24-17-10-4-14(12-18(17)29-21)5-11-20(28)23-16-8-6-15(7-9-16)22-13(2)26/h4,6-10,12H,3,5,11H2,1-2H3,(H,22,26)(H,23,28)(H,24,25,27). The molecule has 3 amide bonds. The summed E-state index contributed by atoms with van der Waals surface area (Å²) >= 11 is 1.42. The lowest BCUT2D eigenvalue weighted by atomic mass is 10.1. The van der Waals surface area contributed by atoms with Gasteiger partial charge >= 0.3 is 0 Å². The fourth-order valence-electron chi connectivity index (χ4n) is 2.71. The van der Waals surface area contributed by atoms with E-state index >= 15 is 0 Å². The molecule has 3 rings (SSSR count). The van der Waals surface area contributed by atoms with Gasteiger partial charge in [-0.15, -0.1) is 0 Å². The molecule has 7 nitrogen and oxygen atoms in total. The number of thiazole rings is 1. The molecule has 2 aromatic carbocycles. The molecule has 150 valence electrons. The van der Waals surface area contributed by atoms with E-state index < -0.39 is 0 Å². The number of amides is 3. The van der Waals surface area contributed by atoms with Crippen molar-refractivity contribution in [1.29, 1.82) is 0 Å². The highest BCUT2D eigenvalue weighted by Crippen LogP contribution is 2.27. The van der Waals surface area contributed by atoms with Crippen LogP contribution in [0, 0.1) is 0 Å². The van der Waals surface area contributed by atoms with Crippen molar-refractivity contribution in [2.75, 3.05) is 16.0 Å². The first-order chi connectivity index (χ1) is 13.9. The molecule has 1 aromatic heterocycles. The zero-order valence-corrected chi connectivity index (χ0v) is 17.1. The number of hydrogen-bond acceptors (Lipinski definition) is 5. The molecule has 3 aromatic rings. The van der Waals surface area contributed by atoms with Crippen LogP contribution in [0.5, 0.6) is 0 Å². The summed E-state index contributed by atoms with van der Waals surface area (Å²) in [5.41, 5.74) is 3.22. The molecule has 1 heterocycles. The molecule has 0 aliphatic heterocycles. The highest BCUT2D eigenvalue weighted by atomic mass is 32.1. The smallest absolute Gasteiger partial charge is 0.225 e. The molecule has 29 heavy (non-hydrogen) atoms. The minimum Gasteiger partial charge on any atom is -0.326 e. The van der Waals surface area contributed by atoms with E-state index in [0.29, 0.717) is 35.8 Å². The zero-order chi connectivity index (χ0) is 20.8. The number of fused-ring (bicyclic) bond motifs is 1. The van der Waals surface area contributed by atoms with E-state index in [9.17, 15) is 14.4 Å². The molecule has 0 atom stereocenters. The van der Waals surface area contributed by atoms with Crippen LogP contribution in [0.4, 0.5) is 16.5 Å². The quantitative estimate of drug-likeness (QED) is 0.544. The number of carbonyl (C=O) groups excluding carboxylic acids is 3. The van der Waals surface area contributed by atoms with Crippen molar-refractivity contribution in [1.82, 2.24) is 4.98 Å². The number of aryl methyl sites for hydroxylation is 1. The van der Waals surface area contributed by atoms with Gasteiger partial charge in [-0.25, -0.2) is 4.98 Å². The normalized spacial score (nSPS) is 10.6. The molecule has 0 radical (unpaired) electrons. The van der Waals surface area contributed by atoms with Crippen LogP contribution in [0.15, 0.2) is 42.5 Å². The summed E-state index contributed by atoms with van der Waals surface area (Å²) in [4.78, 5) is 39.2. The van der Waals surface area contributed by atoms with Crippen molar-refractivity contribution >= 4 is 55.8 Å². The van der Waals surface area contributed by atoms with Gasteiger partial charge < -0.3 is 16.0 Å². The maximum Gasteiger partial charge on any atom is 0.225 e. The van der Waals surface area contributed by atoms with E-state index in [1.165, 1.54) is 18.3 Å². The topological polar surface area (TPSA) is 100 Å². The van der Waals surface area contributed by atoms with Crippen molar-refractivity contribution in [3.63, 3.8) is 0 Å². The second-order valence-corrected chi connectivity index (χ2v) is 7.56. The minimum atomic E-state index is -0.139. The molecule has 0 fully saturated rings. The summed E-state index contributed by atoms with van der Waals surface area (Å²) < 4.78 is 0.975. The molecule has 0 saturated carbocycles. The van der Waals surface area contributed by atoms with Crippen LogP contribution < -0.4 is 16.0 Å². The predicted octanol–water partition coefficient (Wildman–Crippen LogP) is 4.17. The summed E-state index contributed by atoms with van der Waals surface area (Å²) in [6.07, 6.45) is 1.35. The third-order valence-corrected chi connectivity index (χ3v) is 5.08. The number of anilines is 3. The third kappa shape index (κ3) is 5.86. The Balaban J connectivity index is 1.56. The number of rotatable bonds is 7. The summed E-state index contributed by atoms with van der Waals surface area (Å²) in [6, 6.07) is 12.8. The van der Waals surface area contributed by atoms with Crippen LogP contribution in [0.3, 0.4) is 0 Å². The van der Waals surface area contributed by atoms with Crippen LogP contribution in [-0.4, -0.2) is 22.7 Å². The third-order valence-electron chi connectivity index (χ3n) is 4.15. The van der Waals surface area contributed by atoms with Crippen LogP contribution in [0.25, 0.3) is 10.2 Å². The molecule has 3 N–H and O–H groups in total. The number of benzene rings is 2. The Hall–Kier alpha value is -3.26. The van der Waals surface area contributed by atoms with E-state index in [-0.39, 0.29) is 17.7 Å². The van der Waals surface area contributed by atoms with Gasteiger partial charge in [0.1, 0.15) is 0 Å². The van der Waals surface area contributed by atoms with Gasteiger partial charge in [-0.3, -0.25) is 14.4 Å². The summed E-state index contributed by atoms with van der Waals surface area (Å²) in [6.45, 7) is 3.24. The maximum atomic E-state index is 12.2. The molecule has 0 bridgehead atoms. The van der Waals surface area contributed by atoms with Crippen LogP contribution in [0.2, 0.25) is 0 Å². The van der Waals surface area contributed by atoms with Crippen molar-refractivity contribution in [2.45, 2.75) is 33.1 Å². The monoisotopic (exact) mass is 410 g/mol. The SMILES string of the molecule is CCC(=O)Nc1nc2ccc(CCC(=O)Nc3ccc(NC(C)=O)cc3)cc2s1. The summed E-state index contributed by atoms with van der Waals surface area (Å²) in [5, 5.41) is 8.90. The molecular weight excluding hydrogens is 388 g/mol. The number of nitrogens with zero attached hydrogens (tertiary/aromatic N) is 1. The van der Waals surface area contributed by atoms with Gasteiger partial charge in [0.2, 0.25) is 17.7 Å². The molecule has 0 aliphatic carbocycles. The molecular formula is C21H22N4O3S. The van der Waals surface area contributed by atoms with Crippen molar-refractivity contribution < 1.29 is 14.4 Å². The van der Waals surface area contributed by atoms with E-state index in [1.807, 2.05) is 18.2 Å². The molecule has 0 saturated heterocycles. The molecule has 0 aliphatic rings. The van der Waals surface area contributed by atoms with Gasteiger partial charge in [-0.05, 0) is 48.4 Å². The number of nitrogens with one attached hydrogen (secondary N) is 3. The number of hydrogen-bond donors (Lipinski definition) is 3.